The Kier molecular flexibility index (Phi) is 3.76. The number of fused-ring (bicyclic) bond motifs is 1. The van der Waals surface area contributed by atoms with Gasteiger partial charge in [-0.05, 0) is 36.8 Å². The van der Waals surface area contributed by atoms with Crippen molar-refractivity contribution in [2.75, 3.05) is 0 Å². The van der Waals surface area contributed by atoms with Crippen LogP contribution in [-0.4, -0.2) is 23.2 Å². The van der Waals surface area contributed by atoms with Gasteiger partial charge in [0.15, 0.2) is 0 Å². The van der Waals surface area contributed by atoms with E-state index < -0.39 is 6.10 Å². The number of rotatable bonds is 2. The summed E-state index contributed by atoms with van der Waals surface area (Å²) in [6.07, 6.45) is 3.39. The third-order valence-electron chi connectivity index (χ3n) is 4.10. The molecule has 0 bridgehead atoms. The van der Waals surface area contributed by atoms with E-state index >= 15 is 0 Å². The maximum absolute atomic E-state index is 12.4. The molecule has 1 aromatic carbocycles. The minimum atomic E-state index is -0.401. The predicted octanol–water partition coefficient (Wildman–Crippen LogP) is 3.24. The van der Waals surface area contributed by atoms with Gasteiger partial charge in [0, 0.05) is 4.70 Å². The molecule has 3 rings (SSSR count). The molecular weight excluding hydrogens is 270 g/mol. The highest BCUT2D eigenvalue weighted by Gasteiger charge is 2.26. The molecule has 1 heterocycles. The Morgan fingerprint density at radius 2 is 2.05 bits per heavy atom. The second-order valence-electron chi connectivity index (χ2n) is 5.48. The molecule has 1 aliphatic carbocycles. The minimum Gasteiger partial charge on any atom is -0.391 e. The first-order chi connectivity index (χ1) is 9.66. The zero-order valence-electron chi connectivity index (χ0n) is 11.6. The van der Waals surface area contributed by atoms with Crippen molar-refractivity contribution in [2.45, 2.75) is 44.8 Å². The highest BCUT2D eigenvalue weighted by atomic mass is 32.1. The van der Waals surface area contributed by atoms with Crippen LogP contribution in [0.1, 0.15) is 40.9 Å². The van der Waals surface area contributed by atoms with Crippen molar-refractivity contribution in [1.82, 2.24) is 5.32 Å². The number of nitrogens with one attached hydrogen (secondary N) is 1. The summed E-state index contributed by atoms with van der Waals surface area (Å²) in [7, 11) is 0. The molecule has 2 N–H and O–H groups in total. The third-order valence-corrected chi connectivity index (χ3v) is 5.37. The first-order valence-corrected chi connectivity index (χ1v) is 7.95. The summed E-state index contributed by atoms with van der Waals surface area (Å²) >= 11 is 1.53. The number of carbonyl (C=O) groups excluding carboxylic acids is 1. The molecule has 2 atom stereocenters. The average molecular weight is 289 g/mol. The lowest BCUT2D eigenvalue weighted by molar-refractivity contribution is 0.0720. The Morgan fingerprint density at radius 3 is 2.80 bits per heavy atom. The molecule has 1 aliphatic rings. The van der Waals surface area contributed by atoms with Gasteiger partial charge in [0.05, 0.1) is 17.0 Å². The Labute approximate surface area is 122 Å². The molecule has 1 saturated carbocycles. The number of aryl methyl sites for hydroxylation is 1. The van der Waals surface area contributed by atoms with Gasteiger partial charge in [-0.1, -0.05) is 31.0 Å². The maximum Gasteiger partial charge on any atom is 0.261 e. The van der Waals surface area contributed by atoms with Gasteiger partial charge in [0.2, 0.25) is 0 Å². The van der Waals surface area contributed by atoms with Crippen molar-refractivity contribution >= 4 is 27.3 Å². The standard InChI is InChI=1S/C16H19NO2S/c1-10-11-6-2-5-9-14(11)20-15(10)16(19)17-12-7-3-4-8-13(12)18/h2,5-6,9,12-13,18H,3-4,7-8H2,1H3,(H,17,19)/t12-,13-/m0/s1. The smallest absolute Gasteiger partial charge is 0.261 e. The van der Waals surface area contributed by atoms with Crippen LogP contribution in [-0.2, 0) is 0 Å². The zero-order valence-corrected chi connectivity index (χ0v) is 12.4. The van der Waals surface area contributed by atoms with E-state index in [0.717, 1.165) is 46.2 Å². The number of hydrogen-bond donors (Lipinski definition) is 2. The topological polar surface area (TPSA) is 49.3 Å². The first-order valence-electron chi connectivity index (χ1n) is 7.14. The fourth-order valence-corrected chi connectivity index (χ4v) is 4.02. The Hall–Kier alpha value is -1.39. The summed E-state index contributed by atoms with van der Waals surface area (Å²) in [5.74, 6) is -0.0466. The lowest BCUT2D eigenvalue weighted by Crippen LogP contribution is -2.45. The summed E-state index contributed by atoms with van der Waals surface area (Å²) in [6.45, 7) is 1.99. The molecule has 0 aliphatic heterocycles. The second kappa shape index (κ2) is 5.54. The van der Waals surface area contributed by atoms with E-state index in [-0.39, 0.29) is 11.9 Å². The van der Waals surface area contributed by atoms with Crippen molar-refractivity contribution in [1.29, 1.82) is 0 Å². The summed E-state index contributed by atoms with van der Waals surface area (Å²) < 4.78 is 1.14. The number of hydrogen-bond acceptors (Lipinski definition) is 3. The van der Waals surface area contributed by atoms with Crippen molar-refractivity contribution < 1.29 is 9.90 Å². The summed E-state index contributed by atoms with van der Waals surface area (Å²) in [6, 6.07) is 7.98. The van der Waals surface area contributed by atoms with Crippen molar-refractivity contribution in [3.63, 3.8) is 0 Å². The molecule has 106 valence electrons. The van der Waals surface area contributed by atoms with Crippen LogP contribution in [0.4, 0.5) is 0 Å². The van der Waals surface area contributed by atoms with E-state index in [1.165, 1.54) is 11.3 Å². The highest BCUT2D eigenvalue weighted by molar-refractivity contribution is 7.21. The van der Waals surface area contributed by atoms with E-state index in [4.69, 9.17) is 0 Å². The molecule has 2 aromatic rings. The van der Waals surface area contributed by atoms with Gasteiger partial charge in [0.25, 0.3) is 5.91 Å². The van der Waals surface area contributed by atoms with Crippen LogP contribution in [0.3, 0.4) is 0 Å². The van der Waals surface area contributed by atoms with E-state index in [1.54, 1.807) is 0 Å². The average Bonchev–Trinajstić information content (AvgIpc) is 2.79. The fourth-order valence-electron chi connectivity index (χ4n) is 2.90. The molecule has 0 radical (unpaired) electrons. The third kappa shape index (κ3) is 2.45. The van der Waals surface area contributed by atoms with Gasteiger partial charge in [-0.15, -0.1) is 11.3 Å². The van der Waals surface area contributed by atoms with Gasteiger partial charge < -0.3 is 10.4 Å². The maximum atomic E-state index is 12.4. The number of thiophene rings is 1. The SMILES string of the molecule is Cc1c(C(=O)N[C@H]2CCCC[C@@H]2O)sc2ccccc12. The van der Waals surface area contributed by atoms with Crippen molar-refractivity contribution in [2.24, 2.45) is 0 Å². The fraction of sp³-hybridized carbons (Fsp3) is 0.438. The van der Waals surface area contributed by atoms with E-state index in [9.17, 15) is 9.90 Å². The molecule has 0 unspecified atom stereocenters. The van der Waals surface area contributed by atoms with E-state index in [0.29, 0.717) is 0 Å². The number of aliphatic hydroxyl groups excluding tert-OH is 1. The Balaban J connectivity index is 1.83. The minimum absolute atomic E-state index is 0.0466. The lowest BCUT2D eigenvalue weighted by atomic mass is 9.92. The number of benzene rings is 1. The van der Waals surface area contributed by atoms with Gasteiger partial charge in [0.1, 0.15) is 0 Å². The van der Waals surface area contributed by atoms with Crippen LogP contribution in [0.25, 0.3) is 10.1 Å². The van der Waals surface area contributed by atoms with E-state index in [1.807, 2.05) is 31.2 Å². The normalized spacial score (nSPS) is 22.9. The first kappa shape index (κ1) is 13.6. The monoisotopic (exact) mass is 289 g/mol. The van der Waals surface area contributed by atoms with Gasteiger partial charge in [-0.25, -0.2) is 0 Å². The number of carbonyl (C=O) groups is 1. The second-order valence-corrected chi connectivity index (χ2v) is 6.54. The van der Waals surface area contributed by atoms with Crippen LogP contribution in [0.15, 0.2) is 24.3 Å². The molecule has 0 saturated heterocycles. The summed E-state index contributed by atoms with van der Waals surface area (Å²) in [4.78, 5) is 13.2. The van der Waals surface area contributed by atoms with Crippen molar-refractivity contribution in [3.8, 4) is 0 Å². The van der Waals surface area contributed by atoms with Crippen molar-refractivity contribution in [3.05, 3.63) is 34.7 Å². The molecule has 0 spiro atoms. The Bertz CT molecular complexity index is 634. The van der Waals surface area contributed by atoms with Gasteiger partial charge >= 0.3 is 0 Å². The van der Waals surface area contributed by atoms with Crippen LogP contribution in [0, 0.1) is 6.92 Å². The largest absolute Gasteiger partial charge is 0.391 e. The number of aliphatic hydroxyl groups is 1. The zero-order chi connectivity index (χ0) is 14.1. The molecule has 1 amide bonds. The molecule has 1 fully saturated rings. The quantitative estimate of drug-likeness (QED) is 0.891. The molecule has 3 nitrogen and oxygen atoms in total. The van der Waals surface area contributed by atoms with Crippen LogP contribution in [0.2, 0.25) is 0 Å². The number of amides is 1. The molecule has 1 aromatic heterocycles. The highest BCUT2D eigenvalue weighted by Crippen LogP contribution is 2.30. The Morgan fingerprint density at radius 1 is 1.30 bits per heavy atom. The van der Waals surface area contributed by atoms with E-state index in [2.05, 4.69) is 5.32 Å². The van der Waals surface area contributed by atoms with Crippen LogP contribution >= 0.6 is 11.3 Å². The molecular formula is C16H19NO2S. The molecule has 20 heavy (non-hydrogen) atoms. The molecule has 4 heteroatoms. The predicted molar refractivity (Wildman–Crippen MR) is 82.3 cm³/mol. The summed E-state index contributed by atoms with van der Waals surface area (Å²) in [5, 5.41) is 14.1. The van der Waals surface area contributed by atoms with Crippen LogP contribution < -0.4 is 5.32 Å². The van der Waals surface area contributed by atoms with Gasteiger partial charge in [-0.2, -0.15) is 0 Å². The summed E-state index contributed by atoms with van der Waals surface area (Å²) in [5.41, 5.74) is 1.04. The van der Waals surface area contributed by atoms with Gasteiger partial charge in [-0.3, -0.25) is 4.79 Å². The lowest BCUT2D eigenvalue weighted by Gasteiger charge is -2.28. The van der Waals surface area contributed by atoms with Crippen LogP contribution in [0.5, 0.6) is 0 Å².